The number of nitrogens with zero attached hydrogens (tertiary/aromatic N) is 6. The highest BCUT2D eigenvalue weighted by Crippen LogP contribution is 2.14. The quantitative estimate of drug-likeness (QED) is 0.790. The molecule has 3 heterocycles. The molecule has 3 rings (SSSR count). The SMILES string of the molecule is CCN(CC1CN(Cc2nccn2C)CCO1)c1cccnn1. The molecule has 1 aliphatic rings. The van der Waals surface area contributed by atoms with Crippen LogP contribution in [0.2, 0.25) is 0 Å². The molecule has 7 nitrogen and oxygen atoms in total. The van der Waals surface area contributed by atoms with Crippen LogP contribution >= 0.6 is 0 Å². The van der Waals surface area contributed by atoms with Crippen LogP contribution in [0.5, 0.6) is 0 Å². The van der Waals surface area contributed by atoms with Crippen molar-refractivity contribution in [2.75, 3.05) is 37.7 Å². The zero-order valence-electron chi connectivity index (χ0n) is 13.8. The van der Waals surface area contributed by atoms with Gasteiger partial charge in [0, 0.05) is 51.8 Å². The summed E-state index contributed by atoms with van der Waals surface area (Å²) in [6.07, 6.45) is 5.70. The Balaban J connectivity index is 1.58. The summed E-state index contributed by atoms with van der Waals surface area (Å²) in [5.74, 6) is 1.99. The summed E-state index contributed by atoms with van der Waals surface area (Å²) < 4.78 is 8.02. The Kier molecular flexibility index (Phi) is 5.19. The molecule has 0 spiro atoms. The van der Waals surface area contributed by atoms with E-state index in [1.54, 1.807) is 6.20 Å². The van der Waals surface area contributed by atoms with Gasteiger partial charge in [-0.05, 0) is 19.1 Å². The van der Waals surface area contributed by atoms with E-state index in [2.05, 4.69) is 36.5 Å². The molecule has 0 bridgehead atoms. The van der Waals surface area contributed by atoms with Crippen molar-refractivity contribution in [1.82, 2.24) is 24.6 Å². The van der Waals surface area contributed by atoms with Gasteiger partial charge in [0.2, 0.25) is 0 Å². The van der Waals surface area contributed by atoms with Gasteiger partial charge in [-0.2, -0.15) is 5.10 Å². The number of aryl methyl sites for hydroxylation is 1. The van der Waals surface area contributed by atoms with Crippen molar-refractivity contribution >= 4 is 5.82 Å². The van der Waals surface area contributed by atoms with Crippen molar-refractivity contribution in [2.24, 2.45) is 7.05 Å². The largest absolute Gasteiger partial charge is 0.374 e. The van der Waals surface area contributed by atoms with Crippen LogP contribution in [0.3, 0.4) is 0 Å². The third-order valence-corrected chi connectivity index (χ3v) is 4.20. The van der Waals surface area contributed by atoms with Gasteiger partial charge in [0.25, 0.3) is 0 Å². The zero-order chi connectivity index (χ0) is 16.1. The van der Waals surface area contributed by atoms with E-state index in [9.17, 15) is 0 Å². The van der Waals surface area contributed by atoms with Crippen molar-refractivity contribution in [3.05, 3.63) is 36.5 Å². The fourth-order valence-corrected chi connectivity index (χ4v) is 2.88. The lowest BCUT2D eigenvalue weighted by Crippen LogP contribution is -2.47. The summed E-state index contributed by atoms with van der Waals surface area (Å²) in [7, 11) is 2.03. The molecule has 1 atom stereocenters. The molecule has 0 amide bonds. The van der Waals surface area contributed by atoms with Gasteiger partial charge >= 0.3 is 0 Å². The second-order valence-corrected chi connectivity index (χ2v) is 5.80. The smallest absolute Gasteiger partial charge is 0.151 e. The predicted molar refractivity (Wildman–Crippen MR) is 88.1 cm³/mol. The second kappa shape index (κ2) is 7.52. The topological polar surface area (TPSA) is 59.3 Å². The third kappa shape index (κ3) is 4.05. The van der Waals surface area contributed by atoms with Gasteiger partial charge in [-0.15, -0.1) is 5.10 Å². The van der Waals surface area contributed by atoms with Crippen LogP contribution < -0.4 is 4.90 Å². The Morgan fingerprint density at radius 2 is 2.30 bits per heavy atom. The van der Waals surface area contributed by atoms with Crippen LogP contribution in [0.15, 0.2) is 30.7 Å². The summed E-state index contributed by atoms with van der Waals surface area (Å²) >= 11 is 0. The van der Waals surface area contributed by atoms with E-state index in [4.69, 9.17) is 4.74 Å². The molecule has 1 saturated heterocycles. The van der Waals surface area contributed by atoms with Crippen molar-refractivity contribution in [3.63, 3.8) is 0 Å². The van der Waals surface area contributed by atoms with E-state index < -0.39 is 0 Å². The standard InChI is InChI=1S/C16H24N6O/c1-3-22(15-5-4-6-18-19-15)12-14-11-21(9-10-23-14)13-16-17-7-8-20(16)2/h4-8,14H,3,9-13H2,1-2H3. The lowest BCUT2D eigenvalue weighted by atomic mass is 10.2. The molecule has 0 N–H and O–H groups in total. The Hall–Kier alpha value is -1.99. The lowest BCUT2D eigenvalue weighted by molar-refractivity contribution is -0.0278. The van der Waals surface area contributed by atoms with Crippen LogP contribution in [0.25, 0.3) is 0 Å². The van der Waals surface area contributed by atoms with E-state index >= 15 is 0 Å². The number of rotatable bonds is 6. The van der Waals surface area contributed by atoms with Crippen molar-refractivity contribution < 1.29 is 4.74 Å². The zero-order valence-corrected chi connectivity index (χ0v) is 13.8. The van der Waals surface area contributed by atoms with Crippen LogP contribution in [-0.4, -0.2) is 63.5 Å². The molecule has 2 aromatic rings. The van der Waals surface area contributed by atoms with Gasteiger partial charge in [-0.3, -0.25) is 4.90 Å². The Bertz CT molecular complexity index is 602. The number of anilines is 1. The average Bonchev–Trinajstić information content (AvgIpc) is 2.99. The van der Waals surface area contributed by atoms with Crippen LogP contribution in [0, 0.1) is 0 Å². The van der Waals surface area contributed by atoms with Crippen molar-refractivity contribution in [3.8, 4) is 0 Å². The fourth-order valence-electron chi connectivity index (χ4n) is 2.88. The summed E-state index contributed by atoms with van der Waals surface area (Å²) in [6, 6.07) is 3.91. The molecule has 23 heavy (non-hydrogen) atoms. The molecular formula is C16H24N6O. The number of hydrogen-bond acceptors (Lipinski definition) is 6. The lowest BCUT2D eigenvalue weighted by Gasteiger charge is -2.35. The Labute approximate surface area is 136 Å². The third-order valence-electron chi connectivity index (χ3n) is 4.20. The van der Waals surface area contributed by atoms with Gasteiger partial charge in [-0.1, -0.05) is 0 Å². The van der Waals surface area contributed by atoms with Gasteiger partial charge < -0.3 is 14.2 Å². The molecule has 2 aromatic heterocycles. The minimum absolute atomic E-state index is 0.172. The van der Waals surface area contributed by atoms with Crippen molar-refractivity contribution in [1.29, 1.82) is 0 Å². The van der Waals surface area contributed by atoms with Gasteiger partial charge in [0.05, 0.1) is 19.3 Å². The van der Waals surface area contributed by atoms with Crippen LogP contribution in [0.1, 0.15) is 12.7 Å². The second-order valence-electron chi connectivity index (χ2n) is 5.80. The van der Waals surface area contributed by atoms with E-state index in [-0.39, 0.29) is 6.10 Å². The average molecular weight is 316 g/mol. The fraction of sp³-hybridized carbons (Fsp3) is 0.562. The maximum Gasteiger partial charge on any atom is 0.151 e. The van der Waals surface area contributed by atoms with E-state index in [1.165, 1.54) is 0 Å². The van der Waals surface area contributed by atoms with Crippen LogP contribution in [0.4, 0.5) is 5.82 Å². The monoisotopic (exact) mass is 316 g/mol. The first-order chi connectivity index (χ1) is 11.3. The van der Waals surface area contributed by atoms with Gasteiger partial charge in [-0.25, -0.2) is 4.98 Å². The molecule has 124 valence electrons. The number of aromatic nitrogens is 4. The minimum atomic E-state index is 0.172. The first-order valence-electron chi connectivity index (χ1n) is 8.09. The maximum atomic E-state index is 5.95. The molecule has 0 aromatic carbocycles. The Morgan fingerprint density at radius 1 is 1.39 bits per heavy atom. The molecule has 1 unspecified atom stereocenters. The van der Waals surface area contributed by atoms with Gasteiger partial charge in [0.1, 0.15) is 5.82 Å². The predicted octanol–water partition coefficient (Wildman–Crippen LogP) is 0.937. The van der Waals surface area contributed by atoms with E-state index in [1.807, 2.05) is 31.6 Å². The number of hydrogen-bond donors (Lipinski definition) is 0. The summed E-state index contributed by atoms with van der Waals surface area (Å²) in [4.78, 5) is 9.03. The number of ether oxygens (including phenoxy) is 1. The highest BCUT2D eigenvalue weighted by molar-refractivity contribution is 5.36. The Morgan fingerprint density at radius 3 is 3.00 bits per heavy atom. The first kappa shape index (κ1) is 15.9. The van der Waals surface area contributed by atoms with Gasteiger partial charge in [0.15, 0.2) is 5.82 Å². The summed E-state index contributed by atoms with van der Waals surface area (Å²) in [6.45, 7) is 7.31. The highest BCUT2D eigenvalue weighted by atomic mass is 16.5. The molecule has 0 aliphatic carbocycles. The van der Waals surface area contributed by atoms with Crippen LogP contribution in [-0.2, 0) is 18.3 Å². The van der Waals surface area contributed by atoms with Crippen molar-refractivity contribution in [2.45, 2.75) is 19.6 Å². The molecule has 1 aliphatic heterocycles. The number of morpholine rings is 1. The minimum Gasteiger partial charge on any atom is -0.374 e. The highest BCUT2D eigenvalue weighted by Gasteiger charge is 2.23. The molecular weight excluding hydrogens is 292 g/mol. The number of likely N-dealkylation sites (N-methyl/N-ethyl adjacent to an activating group) is 1. The molecule has 0 radical (unpaired) electrons. The maximum absolute atomic E-state index is 5.95. The molecule has 7 heteroatoms. The summed E-state index contributed by atoms with van der Waals surface area (Å²) in [5, 5.41) is 8.17. The molecule has 0 saturated carbocycles. The van der Waals surface area contributed by atoms with E-state index in [0.29, 0.717) is 0 Å². The normalized spacial score (nSPS) is 19.0. The molecule has 1 fully saturated rings. The van der Waals surface area contributed by atoms with E-state index in [0.717, 1.165) is 51.0 Å². The first-order valence-corrected chi connectivity index (χ1v) is 8.09. The summed E-state index contributed by atoms with van der Waals surface area (Å²) in [5.41, 5.74) is 0. The number of imidazole rings is 1.